The van der Waals surface area contributed by atoms with Crippen molar-refractivity contribution in [2.75, 3.05) is 11.4 Å². The number of hydrogen-bond acceptors (Lipinski definition) is 4. The Bertz CT molecular complexity index is 1210. The van der Waals surface area contributed by atoms with Gasteiger partial charge in [-0.05, 0) is 68.5 Å². The van der Waals surface area contributed by atoms with Crippen LogP contribution in [0.15, 0.2) is 42.5 Å². The number of halogens is 4. The van der Waals surface area contributed by atoms with Crippen molar-refractivity contribution in [3.05, 3.63) is 65.0 Å². The summed E-state index contributed by atoms with van der Waals surface area (Å²) in [6, 6.07) is 9.75. The van der Waals surface area contributed by atoms with Crippen LogP contribution in [0.3, 0.4) is 0 Å². The minimum atomic E-state index is -4.50. The van der Waals surface area contributed by atoms with Gasteiger partial charge in [-0.15, -0.1) is 0 Å². The molecular formula is C25H23F4N3O3. The molecule has 1 saturated heterocycles. The van der Waals surface area contributed by atoms with Crippen LogP contribution in [-0.2, 0) is 22.3 Å². The first-order valence-corrected chi connectivity index (χ1v) is 11.0. The summed E-state index contributed by atoms with van der Waals surface area (Å²) in [7, 11) is 0. The lowest BCUT2D eigenvalue weighted by atomic mass is 9.60. The molecule has 2 fully saturated rings. The van der Waals surface area contributed by atoms with E-state index in [9.17, 15) is 32.3 Å². The van der Waals surface area contributed by atoms with Crippen molar-refractivity contribution in [3.8, 4) is 6.07 Å². The van der Waals surface area contributed by atoms with E-state index in [0.717, 1.165) is 23.1 Å². The van der Waals surface area contributed by atoms with E-state index in [0.29, 0.717) is 5.56 Å². The molecule has 1 heterocycles. The van der Waals surface area contributed by atoms with E-state index in [4.69, 9.17) is 5.26 Å². The molecule has 2 aromatic carbocycles. The maximum absolute atomic E-state index is 14.7. The number of aliphatic hydroxyl groups is 1. The number of carbonyl (C=O) groups is 2. The van der Waals surface area contributed by atoms with E-state index in [1.54, 1.807) is 13.8 Å². The largest absolute Gasteiger partial charge is 0.416 e. The van der Waals surface area contributed by atoms with Crippen LogP contribution in [-0.4, -0.2) is 39.5 Å². The smallest absolute Gasteiger partial charge is 0.390 e. The molecule has 1 aliphatic carbocycles. The zero-order valence-electron chi connectivity index (χ0n) is 19.1. The van der Waals surface area contributed by atoms with Gasteiger partial charge in [0, 0.05) is 6.54 Å². The van der Waals surface area contributed by atoms with Gasteiger partial charge in [0.15, 0.2) is 0 Å². The monoisotopic (exact) mass is 489 g/mol. The van der Waals surface area contributed by atoms with Crippen LogP contribution in [0.25, 0.3) is 0 Å². The number of amides is 2. The topological polar surface area (TPSA) is 84.6 Å². The standard InChI is InChI=1S/C25H23F4N3O3/c1-23(2,35)18-10-24(11-18)22(34)31(20-8-5-16(12-30)9-19(20)26)14-21(33)32(24)13-15-3-6-17(7-4-15)25(27,28)29/h3-9,18,35H,10-11,13-14H2,1-2H3/t18-,24+. The van der Waals surface area contributed by atoms with Crippen LogP contribution in [0, 0.1) is 23.1 Å². The van der Waals surface area contributed by atoms with E-state index in [1.807, 2.05) is 6.07 Å². The number of nitriles is 1. The maximum atomic E-state index is 14.7. The normalized spacial score (nSPS) is 22.9. The highest BCUT2D eigenvalue weighted by molar-refractivity contribution is 6.09. The fourth-order valence-corrected chi connectivity index (χ4v) is 4.76. The molecule has 10 heteroatoms. The average molecular weight is 489 g/mol. The summed E-state index contributed by atoms with van der Waals surface area (Å²) >= 11 is 0. The second kappa shape index (κ2) is 8.34. The minimum absolute atomic E-state index is 0.0615. The predicted molar refractivity (Wildman–Crippen MR) is 117 cm³/mol. The first-order chi connectivity index (χ1) is 16.3. The van der Waals surface area contributed by atoms with Gasteiger partial charge in [-0.2, -0.15) is 18.4 Å². The highest BCUT2D eigenvalue weighted by atomic mass is 19.4. The minimum Gasteiger partial charge on any atom is -0.390 e. The summed E-state index contributed by atoms with van der Waals surface area (Å²) in [5, 5.41) is 19.4. The van der Waals surface area contributed by atoms with E-state index >= 15 is 0 Å². The van der Waals surface area contributed by atoms with Gasteiger partial charge in [0.1, 0.15) is 17.9 Å². The van der Waals surface area contributed by atoms with E-state index in [1.165, 1.54) is 29.2 Å². The predicted octanol–water partition coefficient (Wildman–Crippen LogP) is 4.01. The number of hydrogen-bond donors (Lipinski definition) is 1. The van der Waals surface area contributed by atoms with Crippen molar-refractivity contribution in [1.29, 1.82) is 5.26 Å². The fourth-order valence-electron chi connectivity index (χ4n) is 4.76. The molecule has 184 valence electrons. The molecule has 4 rings (SSSR count). The number of piperazine rings is 1. The lowest BCUT2D eigenvalue weighted by Gasteiger charge is -2.59. The van der Waals surface area contributed by atoms with E-state index in [2.05, 4.69) is 0 Å². The summed E-state index contributed by atoms with van der Waals surface area (Å²) in [4.78, 5) is 29.4. The van der Waals surface area contributed by atoms with Gasteiger partial charge >= 0.3 is 6.18 Å². The van der Waals surface area contributed by atoms with Crippen molar-refractivity contribution in [3.63, 3.8) is 0 Å². The average Bonchev–Trinajstić information content (AvgIpc) is 2.74. The first kappa shape index (κ1) is 24.7. The van der Waals surface area contributed by atoms with Gasteiger partial charge in [-0.3, -0.25) is 14.5 Å². The third kappa shape index (κ3) is 4.36. The molecule has 6 nitrogen and oxygen atoms in total. The first-order valence-electron chi connectivity index (χ1n) is 11.0. The molecule has 1 spiro atoms. The summed E-state index contributed by atoms with van der Waals surface area (Å²) in [5.41, 5.74) is -3.00. The number of anilines is 1. The van der Waals surface area contributed by atoms with Crippen LogP contribution in [0.1, 0.15) is 43.4 Å². The molecule has 2 aliphatic rings. The van der Waals surface area contributed by atoms with Crippen molar-refractivity contribution in [2.24, 2.45) is 5.92 Å². The number of carbonyl (C=O) groups excluding carboxylic acids is 2. The van der Waals surface area contributed by atoms with Crippen LogP contribution >= 0.6 is 0 Å². The van der Waals surface area contributed by atoms with Crippen molar-refractivity contribution < 1.29 is 32.3 Å². The second-order valence-electron chi connectivity index (χ2n) is 9.63. The molecule has 0 unspecified atom stereocenters. The SMILES string of the molecule is CC(C)(O)[C@H]1C[C@@]2(C1)C(=O)N(c1ccc(C#N)cc1F)CC(=O)N2Cc1ccc(C(F)(F)F)cc1. The quantitative estimate of drug-likeness (QED) is 0.658. The molecule has 0 atom stereocenters. The zero-order valence-corrected chi connectivity index (χ0v) is 19.1. The van der Waals surface area contributed by atoms with Crippen molar-refractivity contribution >= 4 is 17.5 Å². The molecule has 0 radical (unpaired) electrons. The number of alkyl halides is 3. The maximum Gasteiger partial charge on any atom is 0.416 e. The van der Waals surface area contributed by atoms with E-state index in [-0.39, 0.29) is 36.6 Å². The van der Waals surface area contributed by atoms with Gasteiger partial charge in [0.25, 0.3) is 5.91 Å². The van der Waals surface area contributed by atoms with Crippen LogP contribution in [0.5, 0.6) is 0 Å². The third-order valence-electron chi connectivity index (χ3n) is 6.91. The Labute approximate surface area is 199 Å². The van der Waals surface area contributed by atoms with Crippen molar-refractivity contribution in [1.82, 2.24) is 4.90 Å². The number of rotatable bonds is 4. The Hall–Kier alpha value is -3.45. The molecule has 0 bridgehead atoms. The second-order valence-corrected chi connectivity index (χ2v) is 9.63. The highest BCUT2D eigenvalue weighted by Crippen LogP contribution is 2.51. The molecule has 2 aromatic rings. The Balaban J connectivity index is 1.68. The molecule has 1 aliphatic heterocycles. The summed E-state index contributed by atoms with van der Waals surface area (Å²) < 4.78 is 53.5. The van der Waals surface area contributed by atoms with Crippen LogP contribution in [0.4, 0.5) is 23.2 Å². The fraction of sp³-hybridized carbons (Fsp3) is 0.400. The van der Waals surface area contributed by atoms with Gasteiger partial charge in [-0.1, -0.05) is 12.1 Å². The Kier molecular flexibility index (Phi) is 5.88. The van der Waals surface area contributed by atoms with Crippen LogP contribution < -0.4 is 4.90 Å². The van der Waals surface area contributed by atoms with Gasteiger partial charge in [0.2, 0.25) is 5.91 Å². The molecule has 0 aromatic heterocycles. The van der Waals surface area contributed by atoms with Gasteiger partial charge in [-0.25, -0.2) is 4.39 Å². The Morgan fingerprint density at radius 3 is 2.26 bits per heavy atom. The number of benzene rings is 2. The summed E-state index contributed by atoms with van der Waals surface area (Å²) in [6.07, 6.45) is -4.26. The Morgan fingerprint density at radius 2 is 1.74 bits per heavy atom. The zero-order chi connectivity index (χ0) is 25.8. The highest BCUT2D eigenvalue weighted by Gasteiger charge is 2.62. The molecule has 35 heavy (non-hydrogen) atoms. The third-order valence-corrected chi connectivity index (χ3v) is 6.91. The number of nitrogens with zero attached hydrogens (tertiary/aromatic N) is 3. The molecule has 1 N–H and O–H groups in total. The lowest BCUT2D eigenvalue weighted by Crippen LogP contribution is -2.74. The van der Waals surface area contributed by atoms with Gasteiger partial charge < -0.3 is 10.0 Å². The van der Waals surface area contributed by atoms with Crippen LogP contribution in [0.2, 0.25) is 0 Å². The lowest BCUT2D eigenvalue weighted by molar-refractivity contribution is -0.171. The Morgan fingerprint density at radius 1 is 1.11 bits per heavy atom. The molecule has 2 amide bonds. The van der Waals surface area contributed by atoms with Crippen molar-refractivity contribution in [2.45, 2.75) is 50.6 Å². The molecule has 1 saturated carbocycles. The summed E-state index contributed by atoms with van der Waals surface area (Å²) in [6.45, 7) is 2.62. The molecular weight excluding hydrogens is 466 g/mol. The van der Waals surface area contributed by atoms with E-state index < -0.39 is 47.1 Å². The summed E-state index contributed by atoms with van der Waals surface area (Å²) in [5.74, 6) is -2.18. The van der Waals surface area contributed by atoms with Gasteiger partial charge in [0.05, 0.1) is 28.5 Å².